The van der Waals surface area contributed by atoms with Crippen molar-refractivity contribution in [2.75, 3.05) is 11.9 Å². The predicted octanol–water partition coefficient (Wildman–Crippen LogP) is 7.11. The van der Waals surface area contributed by atoms with Crippen molar-refractivity contribution in [3.63, 3.8) is 0 Å². The number of aromatic nitrogens is 1. The molecular formula is C26H27ClF2N2O3. The Morgan fingerprint density at radius 3 is 2.68 bits per heavy atom. The zero-order chi connectivity index (χ0) is 24.7. The number of aryl methyl sites for hydroxylation is 1. The van der Waals surface area contributed by atoms with Gasteiger partial charge in [0.2, 0.25) is 0 Å². The molecule has 1 atom stereocenters. The first-order valence-electron chi connectivity index (χ1n) is 11.2. The third-order valence-corrected chi connectivity index (χ3v) is 6.35. The van der Waals surface area contributed by atoms with Crippen LogP contribution in [0, 0.1) is 17.0 Å². The van der Waals surface area contributed by atoms with Crippen LogP contribution in [0.2, 0.25) is 5.02 Å². The summed E-state index contributed by atoms with van der Waals surface area (Å²) in [5.41, 5.74) is -0.0969. The van der Waals surface area contributed by atoms with Crippen LogP contribution < -0.4 is 5.32 Å². The fraction of sp³-hybridized carbons (Fsp3) is 0.346. The average Bonchev–Trinajstić information content (AvgIpc) is 2.79. The molecule has 0 fully saturated rings. The third kappa shape index (κ3) is 6.50. The summed E-state index contributed by atoms with van der Waals surface area (Å²) in [6.45, 7) is 3.88. The van der Waals surface area contributed by atoms with E-state index in [4.69, 9.17) is 16.3 Å². The van der Waals surface area contributed by atoms with Crippen molar-refractivity contribution in [1.29, 1.82) is 0 Å². The lowest BCUT2D eigenvalue weighted by atomic mass is 9.76. The summed E-state index contributed by atoms with van der Waals surface area (Å²) < 4.78 is 32.4. The monoisotopic (exact) mass is 488 g/mol. The quantitative estimate of drug-likeness (QED) is 0.330. The van der Waals surface area contributed by atoms with E-state index in [1.807, 2.05) is 13.8 Å². The van der Waals surface area contributed by atoms with Gasteiger partial charge in [-0.15, -0.1) is 0 Å². The second-order valence-corrected chi connectivity index (χ2v) is 8.90. The van der Waals surface area contributed by atoms with E-state index in [1.54, 1.807) is 24.3 Å². The van der Waals surface area contributed by atoms with Gasteiger partial charge in [0.25, 0.3) is 0 Å². The normalized spacial score (nSPS) is 12.9. The molecule has 1 amide bonds. The molecule has 1 heterocycles. The molecule has 1 N–H and O–H groups in total. The summed E-state index contributed by atoms with van der Waals surface area (Å²) >= 11 is 6.00. The topological polar surface area (TPSA) is 68.3 Å². The van der Waals surface area contributed by atoms with Crippen molar-refractivity contribution in [1.82, 2.24) is 4.98 Å². The molecule has 3 rings (SSSR count). The minimum Gasteiger partial charge on any atom is -0.449 e. The van der Waals surface area contributed by atoms with E-state index in [-0.39, 0.29) is 35.5 Å². The van der Waals surface area contributed by atoms with Gasteiger partial charge in [0.05, 0.1) is 11.6 Å². The number of amides is 1. The van der Waals surface area contributed by atoms with Gasteiger partial charge in [0.1, 0.15) is 23.2 Å². The Morgan fingerprint density at radius 2 is 1.91 bits per heavy atom. The van der Waals surface area contributed by atoms with Crippen molar-refractivity contribution in [3.8, 4) is 0 Å². The minimum atomic E-state index is -0.707. The van der Waals surface area contributed by atoms with Gasteiger partial charge < -0.3 is 4.74 Å². The molecule has 5 nitrogen and oxygen atoms in total. The maximum absolute atomic E-state index is 13.7. The van der Waals surface area contributed by atoms with Crippen LogP contribution >= 0.6 is 11.6 Å². The lowest BCUT2D eigenvalue weighted by molar-refractivity contribution is -0.129. The van der Waals surface area contributed by atoms with Crippen molar-refractivity contribution in [2.24, 2.45) is 5.41 Å². The zero-order valence-corrected chi connectivity index (χ0v) is 19.9. The molecule has 8 heteroatoms. The first kappa shape index (κ1) is 25.6. The number of hydrogen-bond donors (Lipinski definition) is 1. The van der Waals surface area contributed by atoms with Gasteiger partial charge in [-0.2, -0.15) is 0 Å². The van der Waals surface area contributed by atoms with Crippen LogP contribution in [0.25, 0.3) is 10.8 Å². The number of halogens is 3. The number of ether oxygens (including phenoxy) is 1. The Morgan fingerprint density at radius 1 is 1.12 bits per heavy atom. The Bertz CT molecular complexity index is 1190. The smallest absolute Gasteiger partial charge is 0.412 e. The number of anilines is 1. The van der Waals surface area contributed by atoms with Crippen LogP contribution in [-0.4, -0.2) is 23.5 Å². The molecule has 0 bridgehead atoms. The van der Waals surface area contributed by atoms with Gasteiger partial charge in [-0.3, -0.25) is 10.1 Å². The Labute approximate surface area is 202 Å². The van der Waals surface area contributed by atoms with Gasteiger partial charge in [-0.05, 0) is 60.5 Å². The number of benzene rings is 2. The van der Waals surface area contributed by atoms with E-state index in [2.05, 4.69) is 10.3 Å². The minimum absolute atomic E-state index is 0.0110. The zero-order valence-electron chi connectivity index (χ0n) is 19.2. The fourth-order valence-electron chi connectivity index (χ4n) is 3.94. The molecule has 0 saturated heterocycles. The fourth-order valence-corrected chi connectivity index (χ4v) is 4.16. The average molecular weight is 489 g/mol. The molecule has 0 aliphatic rings. The molecule has 1 unspecified atom stereocenters. The first-order chi connectivity index (χ1) is 16.2. The van der Waals surface area contributed by atoms with Crippen LogP contribution in [0.4, 0.5) is 19.4 Å². The second-order valence-electron chi connectivity index (χ2n) is 8.52. The highest BCUT2D eigenvalue weighted by atomic mass is 35.5. The van der Waals surface area contributed by atoms with Crippen LogP contribution in [0.15, 0.2) is 48.7 Å². The maximum atomic E-state index is 13.7. The number of carbonyl (C=O) groups excluding carboxylic acids is 2. The van der Waals surface area contributed by atoms with Gasteiger partial charge in [0, 0.05) is 23.4 Å². The molecule has 180 valence electrons. The number of Topliss-reactive ketones (excluding diaryl/α,β-unsaturated/α-hetero) is 1. The number of pyridine rings is 1. The second kappa shape index (κ2) is 11.4. The van der Waals surface area contributed by atoms with E-state index >= 15 is 0 Å². The summed E-state index contributed by atoms with van der Waals surface area (Å²) in [6.07, 6.45) is 3.14. The Hall–Kier alpha value is -3.06. The Kier molecular flexibility index (Phi) is 8.56. The van der Waals surface area contributed by atoms with E-state index in [0.29, 0.717) is 30.2 Å². The van der Waals surface area contributed by atoms with Crippen molar-refractivity contribution < 1.29 is 23.1 Å². The summed E-state index contributed by atoms with van der Waals surface area (Å²) in [7, 11) is 0. The van der Waals surface area contributed by atoms with E-state index < -0.39 is 17.3 Å². The highest BCUT2D eigenvalue weighted by Crippen LogP contribution is 2.32. The summed E-state index contributed by atoms with van der Waals surface area (Å²) in [4.78, 5) is 29.4. The number of nitrogens with one attached hydrogen (secondary N) is 1. The van der Waals surface area contributed by atoms with Crippen LogP contribution in [0.3, 0.4) is 0 Å². The van der Waals surface area contributed by atoms with Gasteiger partial charge >= 0.3 is 6.09 Å². The third-order valence-electron chi connectivity index (χ3n) is 5.93. The largest absolute Gasteiger partial charge is 0.449 e. The van der Waals surface area contributed by atoms with Gasteiger partial charge in [0.15, 0.2) is 0 Å². The van der Waals surface area contributed by atoms with E-state index in [9.17, 15) is 18.4 Å². The first-order valence-corrected chi connectivity index (χ1v) is 11.5. The maximum Gasteiger partial charge on any atom is 0.412 e. The van der Waals surface area contributed by atoms with Crippen molar-refractivity contribution >= 4 is 40.1 Å². The standard InChI is InChI=1S/C26H27ClF2N2O3/c1-3-11-26(2,22(32)10-8-17-5-4-6-21(29)24(17)27)12-13-34-25(33)31-23-15-19-14-20(28)9-7-18(19)16-30-23/h4-7,9,14-16H,3,8,10-13H2,1-2H3,(H,30,31,33). The molecule has 34 heavy (non-hydrogen) atoms. The number of ketones is 1. The summed E-state index contributed by atoms with van der Waals surface area (Å²) in [5, 5.41) is 3.91. The summed E-state index contributed by atoms with van der Waals surface area (Å²) in [6, 6.07) is 10.4. The SMILES string of the molecule is CCCC(C)(CCOC(=O)Nc1cc2cc(F)ccc2cn1)C(=O)CCc1cccc(F)c1Cl. The van der Waals surface area contributed by atoms with Gasteiger partial charge in [-0.25, -0.2) is 18.6 Å². The molecule has 0 aliphatic carbocycles. The summed E-state index contributed by atoms with van der Waals surface area (Å²) in [5.74, 6) is -0.639. The number of fused-ring (bicyclic) bond motifs is 1. The van der Waals surface area contributed by atoms with Crippen LogP contribution in [0.1, 0.15) is 45.1 Å². The number of nitrogens with zero attached hydrogens (tertiary/aromatic N) is 1. The molecule has 1 aromatic heterocycles. The van der Waals surface area contributed by atoms with Gasteiger partial charge in [-0.1, -0.05) is 44.0 Å². The highest BCUT2D eigenvalue weighted by molar-refractivity contribution is 6.31. The van der Waals surface area contributed by atoms with E-state index in [1.165, 1.54) is 24.4 Å². The number of carbonyl (C=O) groups is 2. The number of hydrogen-bond acceptors (Lipinski definition) is 4. The number of rotatable bonds is 10. The predicted molar refractivity (Wildman–Crippen MR) is 129 cm³/mol. The molecular weight excluding hydrogens is 462 g/mol. The van der Waals surface area contributed by atoms with Crippen molar-refractivity contribution in [3.05, 3.63) is 70.9 Å². The molecule has 0 radical (unpaired) electrons. The van der Waals surface area contributed by atoms with Crippen LogP contribution in [-0.2, 0) is 16.0 Å². The Balaban J connectivity index is 1.55. The molecule has 2 aromatic carbocycles. The molecule has 0 spiro atoms. The lowest BCUT2D eigenvalue weighted by Gasteiger charge is -2.27. The lowest BCUT2D eigenvalue weighted by Crippen LogP contribution is -2.30. The molecule has 0 saturated carbocycles. The van der Waals surface area contributed by atoms with Crippen LogP contribution in [0.5, 0.6) is 0 Å². The molecule has 0 aliphatic heterocycles. The molecule has 3 aromatic rings. The highest BCUT2D eigenvalue weighted by Gasteiger charge is 2.32. The van der Waals surface area contributed by atoms with E-state index in [0.717, 1.165) is 11.8 Å². The van der Waals surface area contributed by atoms with Crippen molar-refractivity contribution in [2.45, 2.75) is 46.0 Å².